The van der Waals surface area contributed by atoms with Crippen molar-refractivity contribution in [3.8, 4) is 0 Å². The highest BCUT2D eigenvalue weighted by atomic mass is 16.5. The SMILES string of the molecule is COC(=O)Nc1ccc(C)nc1C. The number of nitrogens with zero attached hydrogens (tertiary/aromatic N) is 1. The normalized spacial score (nSPS) is 9.46. The maximum Gasteiger partial charge on any atom is 0.411 e. The van der Waals surface area contributed by atoms with Gasteiger partial charge in [0.15, 0.2) is 0 Å². The Bertz CT molecular complexity index is 323. The summed E-state index contributed by atoms with van der Waals surface area (Å²) in [4.78, 5) is 15.0. The Labute approximate surface area is 76.9 Å². The number of ether oxygens (including phenoxy) is 1. The molecule has 0 fully saturated rings. The number of pyridine rings is 1. The molecule has 1 aromatic rings. The standard InChI is InChI=1S/C9H12N2O2/c1-6-4-5-8(7(2)10-6)11-9(12)13-3/h4-5H,1-3H3,(H,11,12). The molecule has 1 amide bonds. The summed E-state index contributed by atoms with van der Waals surface area (Å²) in [5.41, 5.74) is 2.38. The Kier molecular flexibility index (Phi) is 2.84. The highest BCUT2D eigenvalue weighted by molar-refractivity contribution is 5.85. The van der Waals surface area contributed by atoms with E-state index in [4.69, 9.17) is 0 Å². The maximum atomic E-state index is 10.9. The van der Waals surface area contributed by atoms with Crippen molar-refractivity contribution in [3.63, 3.8) is 0 Å². The van der Waals surface area contributed by atoms with Gasteiger partial charge in [0.05, 0.1) is 18.5 Å². The quantitative estimate of drug-likeness (QED) is 0.717. The van der Waals surface area contributed by atoms with Gasteiger partial charge >= 0.3 is 6.09 Å². The second-order valence-electron chi connectivity index (χ2n) is 2.70. The minimum absolute atomic E-state index is 0.478. The Morgan fingerprint density at radius 2 is 2.15 bits per heavy atom. The molecule has 0 unspecified atom stereocenters. The Morgan fingerprint density at radius 1 is 1.46 bits per heavy atom. The van der Waals surface area contributed by atoms with Crippen LogP contribution in [0.25, 0.3) is 0 Å². The van der Waals surface area contributed by atoms with Gasteiger partial charge < -0.3 is 4.74 Å². The van der Waals surface area contributed by atoms with Crippen LogP contribution in [0, 0.1) is 13.8 Å². The van der Waals surface area contributed by atoms with Crippen LogP contribution in [0.5, 0.6) is 0 Å². The monoisotopic (exact) mass is 180 g/mol. The third kappa shape index (κ3) is 2.43. The van der Waals surface area contributed by atoms with Crippen LogP contribution in [-0.2, 0) is 4.74 Å². The van der Waals surface area contributed by atoms with Crippen LogP contribution in [0.3, 0.4) is 0 Å². The first-order valence-electron chi connectivity index (χ1n) is 3.92. The summed E-state index contributed by atoms with van der Waals surface area (Å²) in [5, 5.41) is 2.56. The lowest BCUT2D eigenvalue weighted by Gasteiger charge is -2.06. The van der Waals surface area contributed by atoms with E-state index in [0.29, 0.717) is 5.69 Å². The van der Waals surface area contributed by atoms with Gasteiger partial charge in [0.25, 0.3) is 0 Å². The van der Waals surface area contributed by atoms with Crippen molar-refractivity contribution in [1.29, 1.82) is 0 Å². The van der Waals surface area contributed by atoms with Crippen molar-refractivity contribution in [3.05, 3.63) is 23.5 Å². The van der Waals surface area contributed by atoms with Crippen LogP contribution in [0.4, 0.5) is 10.5 Å². The van der Waals surface area contributed by atoms with Crippen LogP contribution in [0.15, 0.2) is 12.1 Å². The Morgan fingerprint density at radius 3 is 2.69 bits per heavy atom. The Balaban J connectivity index is 2.83. The van der Waals surface area contributed by atoms with E-state index in [1.165, 1.54) is 7.11 Å². The number of aromatic nitrogens is 1. The third-order valence-corrected chi connectivity index (χ3v) is 1.65. The van der Waals surface area contributed by atoms with Crippen LogP contribution in [-0.4, -0.2) is 18.2 Å². The van der Waals surface area contributed by atoms with Gasteiger partial charge in [0.2, 0.25) is 0 Å². The van der Waals surface area contributed by atoms with Gasteiger partial charge in [0.1, 0.15) is 0 Å². The van der Waals surface area contributed by atoms with E-state index in [2.05, 4.69) is 15.0 Å². The predicted molar refractivity (Wildman–Crippen MR) is 49.7 cm³/mol. The number of hydrogen-bond acceptors (Lipinski definition) is 3. The molecule has 0 bridgehead atoms. The second kappa shape index (κ2) is 3.89. The summed E-state index contributed by atoms with van der Waals surface area (Å²) >= 11 is 0. The number of carbonyl (C=O) groups excluding carboxylic acids is 1. The molecular weight excluding hydrogens is 168 g/mol. The van der Waals surface area contributed by atoms with Crippen molar-refractivity contribution in [1.82, 2.24) is 4.98 Å². The molecule has 1 N–H and O–H groups in total. The molecule has 0 saturated heterocycles. The van der Waals surface area contributed by atoms with Crippen LogP contribution in [0.2, 0.25) is 0 Å². The number of amides is 1. The molecule has 4 nitrogen and oxygen atoms in total. The van der Waals surface area contributed by atoms with Crippen molar-refractivity contribution in [2.45, 2.75) is 13.8 Å². The molecule has 0 atom stereocenters. The number of nitrogens with one attached hydrogen (secondary N) is 1. The zero-order valence-corrected chi connectivity index (χ0v) is 7.92. The summed E-state index contributed by atoms with van der Waals surface area (Å²) < 4.78 is 4.46. The van der Waals surface area contributed by atoms with Gasteiger partial charge in [0, 0.05) is 5.69 Å². The number of anilines is 1. The zero-order chi connectivity index (χ0) is 9.84. The lowest BCUT2D eigenvalue weighted by atomic mass is 10.3. The van der Waals surface area contributed by atoms with Crippen molar-refractivity contribution < 1.29 is 9.53 Å². The first-order valence-corrected chi connectivity index (χ1v) is 3.92. The number of carbonyl (C=O) groups is 1. The summed E-state index contributed by atoms with van der Waals surface area (Å²) in [5.74, 6) is 0. The molecule has 0 saturated carbocycles. The topological polar surface area (TPSA) is 51.2 Å². The van der Waals surface area contributed by atoms with E-state index < -0.39 is 6.09 Å². The van der Waals surface area contributed by atoms with Gasteiger partial charge in [-0.15, -0.1) is 0 Å². The largest absolute Gasteiger partial charge is 0.453 e. The average Bonchev–Trinajstić information content (AvgIpc) is 2.09. The van der Waals surface area contributed by atoms with Crippen LogP contribution >= 0.6 is 0 Å². The molecule has 0 aliphatic heterocycles. The van der Waals surface area contributed by atoms with Crippen molar-refractivity contribution in [2.75, 3.05) is 12.4 Å². The highest BCUT2D eigenvalue weighted by Gasteiger charge is 2.03. The number of aryl methyl sites for hydroxylation is 2. The number of hydrogen-bond donors (Lipinski definition) is 1. The van der Waals surface area contributed by atoms with Crippen LogP contribution in [0.1, 0.15) is 11.4 Å². The summed E-state index contributed by atoms with van der Waals surface area (Å²) in [6.45, 7) is 3.73. The van der Waals surface area contributed by atoms with Gasteiger partial charge in [-0.25, -0.2) is 4.79 Å². The Hall–Kier alpha value is -1.58. The summed E-state index contributed by atoms with van der Waals surface area (Å²) in [6.07, 6.45) is -0.478. The molecule has 4 heteroatoms. The molecule has 1 heterocycles. The van der Waals surface area contributed by atoms with Crippen molar-refractivity contribution in [2.24, 2.45) is 0 Å². The van der Waals surface area contributed by atoms with Gasteiger partial charge in [-0.2, -0.15) is 0 Å². The summed E-state index contributed by atoms with van der Waals surface area (Å²) in [7, 11) is 1.33. The first kappa shape index (κ1) is 9.51. The van der Waals surface area contributed by atoms with E-state index in [9.17, 15) is 4.79 Å². The second-order valence-corrected chi connectivity index (χ2v) is 2.70. The number of rotatable bonds is 1. The van der Waals surface area contributed by atoms with Gasteiger partial charge in [-0.05, 0) is 26.0 Å². The molecular formula is C9H12N2O2. The van der Waals surface area contributed by atoms with Gasteiger partial charge in [-0.1, -0.05) is 0 Å². The molecule has 70 valence electrons. The van der Waals surface area contributed by atoms with Gasteiger partial charge in [-0.3, -0.25) is 10.3 Å². The van der Waals surface area contributed by atoms with E-state index in [1.807, 2.05) is 19.9 Å². The molecule has 0 radical (unpaired) electrons. The van der Waals surface area contributed by atoms with E-state index in [1.54, 1.807) is 6.07 Å². The fraction of sp³-hybridized carbons (Fsp3) is 0.333. The molecule has 0 aliphatic rings. The molecule has 13 heavy (non-hydrogen) atoms. The first-order chi connectivity index (χ1) is 6.13. The maximum absolute atomic E-state index is 10.9. The van der Waals surface area contributed by atoms with E-state index in [0.717, 1.165) is 11.4 Å². The molecule has 1 rings (SSSR count). The predicted octanol–water partition coefficient (Wildman–Crippen LogP) is 1.88. The molecule has 1 aromatic heterocycles. The fourth-order valence-corrected chi connectivity index (χ4v) is 0.980. The minimum atomic E-state index is -0.478. The highest BCUT2D eigenvalue weighted by Crippen LogP contribution is 2.12. The lowest BCUT2D eigenvalue weighted by molar-refractivity contribution is 0.187. The van der Waals surface area contributed by atoms with E-state index >= 15 is 0 Å². The molecule has 0 aliphatic carbocycles. The average molecular weight is 180 g/mol. The summed E-state index contributed by atoms with van der Waals surface area (Å²) in [6, 6.07) is 3.63. The fourth-order valence-electron chi connectivity index (χ4n) is 0.980. The van der Waals surface area contributed by atoms with Crippen LogP contribution < -0.4 is 5.32 Å². The number of methoxy groups -OCH3 is 1. The minimum Gasteiger partial charge on any atom is -0.453 e. The third-order valence-electron chi connectivity index (χ3n) is 1.65. The lowest BCUT2D eigenvalue weighted by Crippen LogP contribution is -2.12. The molecule has 0 aromatic carbocycles. The van der Waals surface area contributed by atoms with Crippen molar-refractivity contribution >= 4 is 11.8 Å². The molecule has 0 spiro atoms. The zero-order valence-electron chi connectivity index (χ0n) is 7.92. The van der Waals surface area contributed by atoms with E-state index in [-0.39, 0.29) is 0 Å². The smallest absolute Gasteiger partial charge is 0.411 e.